The summed E-state index contributed by atoms with van der Waals surface area (Å²) in [6.07, 6.45) is 0. The van der Waals surface area contributed by atoms with Crippen molar-refractivity contribution in [2.24, 2.45) is 0 Å². The molecule has 0 fully saturated rings. The quantitative estimate of drug-likeness (QED) is 0.316. The van der Waals surface area contributed by atoms with Gasteiger partial charge in [-0.2, -0.15) is 0 Å². The Morgan fingerprint density at radius 3 is 1.21 bits per heavy atom. The second kappa shape index (κ2) is 8.11. The van der Waals surface area contributed by atoms with Crippen LogP contribution in [0.3, 0.4) is 0 Å². The van der Waals surface area contributed by atoms with Crippen LogP contribution in [0, 0.1) is 0 Å². The lowest BCUT2D eigenvalue weighted by atomic mass is 10.3. The van der Waals surface area contributed by atoms with Gasteiger partial charge in [-0.1, -0.05) is 55.4 Å². The first-order valence-corrected chi connectivity index (χ1v) is 9.18. The molecule has 24 heavy (non-hydrogen) atoms. The van der Waals surface area contributed by atoms with Gasteiger partial charge in [-0.15, -0.1) is 0 Å². The zero-order valence-corrected chi connectivity index (χ0v) is 17.6. The van der Waals surface area contributed by atoms with Crippen LogP contribution in [0.2, 0.25) is 0 Å². The molecule has 0 saturated carbocycles. The van der Waals surface area contributed by atoms with Crippen LogP contribution >= 0.6 is 55.4 Å². The van der Waals surface area contributed by atoms with Gasteiger partial charge in [0, 0.05) is 0 Å². The smallest absolute Gasteiger partial charge is 0.345 e. The van der Waals surface area contributed by atoms with E-state index in [0.717, 1.165) is 28.4 Å². The summed E-state index contributed by atoms with van der Waals surface area (Å²) in [5.41, 5.74) is 0. The number of ether oxygens (including phenoxy) is 4. The molecule has 0 aromatic carbocycles. The number of alkyl halides is 2. The minimum atomic E-state index is -1.81. The van der Waals surface area contributed by atoms with Gasteiger partial charge < -0.3 is 18.9 Å². The lowest BCUT2D eigenvalue weighted by Gasteiger charge is -2.40. The average Bonchev–Trinajstić information content (AvgIpc) is 2.60. The number of halogens is 2. The highest BCUT2D eigenvalue weighted by atomic mass is 79.9. The van der Waals surface area contributed by atoms with Gasteiger partial charge in [-0.3, -0.25) is 0 Å². The molecule has 134 valence electrons. The van der Waals surface area contributed by atoms with Gasteiger partial charge in [-0.25, -0.2) is 19.2 Å². The number of rotatable bonds is 4. The Bertz CT molecular complexity index is 570. The maximum Gasteiger partial charge on any atom is 0.345 e. The monoisotopic (exact) mass is 506 g/mol. The molecule has 1 heterocycles. The fraction of sp³-hybridized carbons (Fsp3) is 0.500. The van der Waals surface area contributed by atoms with E-state index in [1.54, 1.807) is 0 Å². The minimum Gasteiger partial charge on any atom is -0.467 e. The van der Waals surface area contributed by atoms with E-state index in [9.17, 15) is 19.2 Å². The van der Waals surface area contributed by atoms with Crippen molar-refractivity contribution < 1.29 is 38.1 Å². The third kappa shape index (κ3) is 3.46. The Labute approximate surface area is 162 Å². The van der Waals surface area contributed by atoms with Crippen LogP contribution in [-0.4, -0.2) is 59.6 Å². The summed E-state index contributed by atoms with van der Waals surface area (Å²) >= 11 is 7.45. The van der Waals surface area contributed by atoms with Gasteiger partial charge in [-0.05, 0) is 0 Å². The summed E-state index contributed by atoms with van der Waals surface area (Å²) in [6.45, 7) is 0. The van der Waals surface area contributed by atoms with Gasteiger partial charge >= 0.3 is 23.9 Å². The van der Waals surface area contributed by atoms with Crippen LogP contribution in [0.25, 0.3) is 0 Å². The third-order valence-electron chi connectivity index (χ3n) is 2.74. The molecule has 1 rings (SSSR count). The molecule has 8 nitrogen and oxygen atoms in total. The zero-order chi connectivity index (χ0) is 18.7. The number of hydrogen-bond donors (Lipinski definition) is 0. The molecule has 0 N–H and O–H groups in total. The number of esters is 4. The van der Waals surface area contributed by atoms with Gasteiger partial charge in [0.1, 0.15) is 9.81 Å². The first-order valence-electron chi connectivity index (χ1n) is 5.96. The standard InChI is InChI=1S/C12H12Br2O8S2/c1-19-7(15)5-6(8(16)20-2)24-12(14,10(18)22-4)11(13,23-5)9(17)21-3/h1-4H3/t11-,12-/m0/s1. The van der Waals surface area contributed by atoms with E-state index >= 15 is 0 Å². The number of carbonyl (C=O) groups is 4. The van der Waals surface area contributed by atoms with Crippen molar-refractivity contribution in [1.29, 1.82) is 0 Å². The molecule has 0 aliphatic carbocycles. The van der Waals surface area contributed by atoms with E-state index in [2.05, 4.69) is 41.3 Å². The van der Waals surface area contributed by atoms with Crippen LogP contribution in [0.15, 0.2) is 9.81 Å². The zero-order valence-electron chi connectivity index (χ0n) is 12.8. The highest BCUT2D eigenvalue weighted by molar-refractivity contribution is 9.16. The van der Waals surface area contributed by atoms with E-state index < -0.39 is 31.2 Å². The molecule has 1 aliphatic rings. The van der Waals surface area contributed by atoms with Crippen molar-refractivity contribution in [3.8, 4) is 0 Å². The Hall–Kier alpha value is -0.720. The highest BCUT2D eigenvalue weighted by Gasteiger charge is 2.66. The molecule has 0 radical (unpaired) electrons. The number of hydrogen-bond acceptors (Lipinski definition) is 10. The molecule has 0 aromatic rings. The number of methoxy groups -OCH3 is 4. The van der Waals surface area contributed by atoms with Crippen LogP contribution in [0.4, 0.5) is 0 Å². The summed E-state index contributed by atoms with van der Waals surface area (Å²) < 4.78 is 15.1. The van der Waals surface area contributed by atoms with Crippen molar-refractivity contribution >= 4 is 79.3 Å². The normalized spacial score (nSPS) is 26.4. The predicted molar refractivity (Wildman–Crippen MR) is 93.6 cm³/mol. The predicted octanol–water partition coefficient (Wildman–Crippen LogP) is 1.55. The Kier molecular flexibility index (Phi) is 7.20. The minimum absolute atomic E-state index is 0.212. The molecular formula is C12H12Br2O8S2. The van der Waals surface area contributed by atoms with Gasteiger partial charge in [0.05, 0.1) is 28.4 Å². The van der Waals surface area contributed by atoms with Crippen molar-refractivity contribution in [3.63, 3.8) is 0 Å². The first kappa shape index (κ1) is 21.3. The molecule has 0 saturated heterocycles. The second-order valence-corrected chi connectivity index (χ2v) is 9.90. The van der Waals surface area contributed by atoms with Crippen molar-refractivity contribution in [3.05, 3.63) is 9.81 Å². The van der Waals surface area contributed by atoms with Crippen molar-refractivity contribution in [1.82, 2.24) is 0 Å². The average molecular weight is 508 g/mol. The van der Waals surface area contributed by atoms with Gasteiger partial charge in [0.25, 0.3) is 0 Å². The highest BCUT2D eigenvalue weighted by Crippen LogP contribution is 2.63. The molecule has 1 aliphatic heterocycles. The lowest BCUT2D eigenvalue weighted by Crippen LogP contribution is -2.54. The first-order chi connectivity index (χ1) is 11.1. The van der Waals surface area contributed by atoms with E-state index in [-0.39, 0.29) is 9.81 Å². The topological polar surface area (TPSA) is 105 Å². The Morgan fingerprint density at radius 2 is 1.00 bits per heavy atom. The van der Waals surface area contributed by atoms with Gasteiger partial charge in [0.2, 0.25) is 7.31 Å². The molecule has 0 unspecified atom stereocenters. The molecule has 12 heteroatoms. The van der Waals surface area contributed by atoms with Crippen LogP contribution in [0.5, 0.6) is 0 Å². The maximum absolute atomic E-state index is 12.3. The summed E-state index contributed by atoms with van der Waals surface area (Å²) in [5.74, 6) is -3.51. The fourth-order valence-electron chi connectivity index (χ4n) is 1.57. The molecule has 0 spiro atoms. The molecule has 0 aromatic heterocycles. The van der Waals surface area contributed by atoms with Crippen molar-refractivity contribution in [2.45, 2.75) is 7.31 Å². The summed E-state index contributed by atoms with van der Waals surface area (Å²) in [6, 6.07) is 0. The van der Waals surface area contributed by atoms with Crippen LogP contribution in [0.1, 0.15) is 0 Å². The van der Waals surface area contributed by atoms with Crippen molar-refractivity contribution in [2.75, 3.05) is 28.4 Å². The largest absolute Gasteiger partial charge is 0.467 e. The maximum atomic E-state index is 12.3. The van der Waals surface area contributed by atoms with E-state index in [1.165, 1.54) is 0 Å². The number of thioether (sulfide) groups is 2. The van der Waals surface area contributed by atoms with Gasteiger partial charge in [0.15, 0.2) is 0 Å². The third-order valence-corrected chi connectivity index (χ3v) is 9.52. The summed E-state index contributed by atoms with van der Waals surface area (Å²) in [5, 5.41) is 0. The molecule has 0 bridgehead atoms. The Balaban J connectivity index is 3.66. The summed E-state index contributed by atoms with van der Waals surface area (Å²) in [4.78, 5) is 48.2. The van der Waals surface area contributed by atoms with Crippen LogP contribution < -0.4 is 0 Å². The van der Waals surface area contributed by atoms with E-state index in [0.29, 0.717) is 23.5 Å². The Morgan fingerprint density at radius 1 is 0.708 bits per heavy atom. The lowest BCUT2D eigenvalue weighted by molar-refractivity contribution is -0.147. The second-order valence-electron chi connectivity index (χ2n) is 4.02. The fourth-order valence-corrected chi connectivity index (χ4v) is 6.18. The van der Waals surface area contributed by atoms with E-state index in [4.69, 9.17) is 9.47 Å². The molecule has 0 amide bonds. The van der Waals surface area contributed by atoms with Crippen LogP contribution in [-0.2, 0) is 38.1 Å². The molecular weight excluding hydrogens is 496 g/mol. The summed E-state index contributed by atoms with van der Waals surface area (Å²) in [7, 11) is 4.44. The molecule has 2 atom stereocenters. The SMILES string of the molecule is COC(=O)C1=C(C(=O)OC)S[C@@](Br)(C(=O)OC)[C@](Br)(C(=O)OC)S1. The number of carbonyl (C=O) groups excluding carboxylic acids is 4. The van der Waals surface area contributed by atoms with E-state index in [1.807, 2.05) is 0 Å².